The van der Waals surface area contributed by atoms with Crippen molar-refractivity contribution in [2.24, 2.45) is 16.3 Å². The highest BCUT2D eigenvalue weighted by atomic mass is 16.5. The lowest BCUT2D eigenvalue weighted by Gasteiger charge is -2.37. The van der Waals surface area contributed by atoms with E-state index in [4.69, 9.17) is 9.73 Å². The van der Waals surface area contributed by atoms with Crippen LogP contribution in [0.25, 0.3) is 10.8 Å². The molecule has 29 heavy (non-hydrogen) atoms. The summed E-state index contributed by atoms with van der Waals surface area (Å²) in [5.74, 6) is -1.86. The maximum absolute atomic E-state index is 12.8. The summed E-state index contributed by atoms with van der Waals surface area (Å²) in [6, 6.07) is 13.8. The molecule has 1 aliphatic carbocycles. The number of nitrogens with zero attached hydrogens (tertiary/aromatic N) is 1. The van der Waals surface area contributed by atoms with E-state index in [9.17, 15) is 14.7 Å². The standard InChI is InChI=1S/C24H27NO4/c1-5-8-19(26)20-18(14-24(2,3)21(22(20)27)23(28)29-4)25-17-12-11-15-9-6-7-10-16(15)13-17/h6-7,9-13,21,27H,5,8,14H2,1-4H3. The molecule has 0 spiro atoms. The van der Waals surface area contributed by atoms with Gasteiger partial charge in [-0.1, -0.05) is 51.1 Å². The third kappa shape index (κ3) is 4.09. The number of carbonyl (C=O) groups is 2. The number of hydrogen-bond donors (Lipinski definition) is 1. The second-order valence-electron chi connectivity index (χ2n) is 8.14. The summed E-state index contributed by atoms with van der Waals surface area (Å²) >= 11 is 0. The molecule has 1 unspecified atom stereocenters. The molecule has 3 rings (SSSR count). The van der Waals surface area contributed by atoms with Gasteiger partial charge in [0, 0.05) is 6.42 Å². The number of aliphatic imine (C=N–C) groups is 1. The first kappa shape index (κ1) is 20.8. The highest BCUT2D eigenvalue weighted by Gasteiger charge is 2.47. The maximum atomic E-state index is 12.8. The second kappa shape index (κ2) is 8.19. The minimum Gasteiger partial charge on any atom is -0.511 e. The van der Waals surface area contributed by atoms with Crippen molar-refractivity contribution in [1.29, 1.82) is 0 Å². The first-order chi connectivity index (χ1) is 13.8. The Morgan fingerprint density at radius 1 is 1.17 bits per heavy atom. The van der Waals surface area contributed by atoms with Crippen LogP contribution in [0.3, 0.4) is 0 Å². The molecule has 1 atom stereocenters. The molecule has 2 aromatic carbocycles. The smallest absolute Gasteiger partial charge is 0.316 e. The van der Waals surface area contributed by atoms with Crippen molar-refractivity contribution in [3.05, 3.63) is 53.8 Å². The van der Waals surface area contributed by atoms with Crippen LogP contribution in [-0.2, 0) is 14.3 Å². The number of fused-ring (bicyclic) bond motifs is 1. The second-order valence-corrected chi connectivity index (χ2v) is 8.14. The number of esters is 1. The minimum atomic E-state index is -0.890. The number of Topliss-reactive ketones (excluding diaryl/α,β-unsaturated/α-hetero) is 1. The third-order valence-corrected chi connectivity index (χ3v) is 5.41. The van der Waals surface area contributed by atoms with Crippen LogP contribution in [0.4, 0.5) is 5.69 Å². The van der Waals surface area contributed by atoms with E-state index < -0.39 is 17.3 Å². The Kier molecular flexibility index (Phi) is 5.87. The molecule has 0 saturated heterocycles. The van der Waals surface area contributed by atoms with Gasteiger partial charge in [-0.3, -0.25) is 14.6 Å². The van der Waals surface area contributed by atoms with Crippen LogP contribution in [-0.4, -0.2) is 29.7 Å². The molecule has 5 nitrogen and oxygen atoms in total. The summed E-state index contributed by atoms with van der Waals surface area (Å²) < 4.78 is 4.90. The Bertz CT molecular complexity index is 1020. The van der Waals surface area contributed by atoms with Crippen LogP contribution in [0.2, 0.25) is 0 Å². The van der Waals surface area contributed by atoms with Crippen LogP contribution in [0, 0.1) is 11.3 Å². The number of ketones is 1. The Balaban J connectivity index is 2.16. The lowest BCUT2D eigenvalue weighted by atomic mass is 9.67. The van der Waals surface area contributed by atoms with Crippen molar-refractivity contribution in [1.82, 2.24) is 0 Å². The van der Waals surface area contributed by atoms with Gasteiger partial charge in [0.15, 0.2) is 5.78 Å². The van der Waals surface area contributed by atoms with E-state index in [1.54, 1.807) is 0 Å². The van der Waals surface area contributed by atoms with Gasteiger partial charge < -0.3 is 9.84 Å². The number of hydrogen-bond acceptors (Lipinski definition) is 5. The molecule has 0 aliphatic heterocycles. The zero-order chi connectivity index (χ0) is 21.2. The van der Waals surface area contributed by atoms with Crippen LogP contribution >= 0.6 is 0 Å². The number of ether oxygens (including phenoxy) is 1. The van der Waals surface area contributed by atoms with Gasteiger partial charge in [0.25, 0.3) is 0 Å². The molecule has 0 saturated carbocycles. The molecule has 0 aromatic heterocycles. The lowest BCUT2D eigenvalue weighted by Crippen LogP contribution is -2.41. The van der Waals surface area contributed by atoms with E-state index >= 15 is 0 Å². The summed E-state index contributed by atoms with van der Waals surface area (Å²) in [5, 5.41) is 13.1. The normalized spacial score (nSPS) is 20.1. The van der Waals surface area contributed by atoms with Crippen molar-refractivity contribution in [3.63, 3.8) is 0 Å². The van der Waals surface area contributed by atoms with Gasteiger partial charge in [0.05, 0.1) is 24.1 Å². The quantitative estimate of drug-likeness (QED) is 0.698. The number of methoxy groups -OCH3 is 1. The molecule has 0 amide bonds. The third-order valence-electron chi connectivity index (χ3n) is 5.41. The number of benzene rings is 2. The maximum Gasteiger partial charge on any atom is 0.316 e. The first-order valence-corrected chi connectivity index (χ1v) is 9.89. The monoisotopic (exact) mass is 393 g/mol. The zero-order valence-electron chi connectivity index (χ0n) is 17.4. The fourth-order valence-corrected chi connectivity index (χ4v) is 3.99. The molecule has 0 bridgehead atoms. The van der Waals surface area contributed by atoms with Crippen LogP contribution in [0.15, 0.2) is 58.8 Å². The summed E-state index contributed by atoms with van der Waals surface area (Å²) in [5.41, 5.74) is 0.750. The Labute approximate surface area is 171 Å². The lowest BCUT2D eigenvalue weighted by molar-refractivity contribution is -0.149. The molecule has 0 heterocycles. The topological polar surface area (TPSA) is 76.0 Å². The molecule has 1 aliphatic rings. The first-order valence-electron chi connectivity index (χ1n) is 9.89. The van der Waals surface area contributed by atoms with E-state index in [0.29, 0.717) is 24.2 Å². The van der Waals surface area contributed by atoms with E-state index in [-0.39, 0.29) is 23.5 Å². The molecule has 1 N–H and O–H groups in total. The largest absolute Gasteiger partial charge is 0.511 e. The van der Waals surface area contributed by atoms with Gasteiger partial charge in [-0.15, -0.1) is 0 Å². The number of rotatable bonds is 5. The molecular formula is C24H27NO4. The molecule has 0 fully saturated rings. The molecular weight excluding hydrogens is 366 g/mol. The average molecular weight is 393 g/mol. The van der Waals surface area contributed by atoms with Gasteiger partial charge in [-0.05, 0) is 41.2 Å². The van der Waals surface area contributed by atoms with Gasteiger partial charge in [-0.25, -0.2) is 0 Å². The van der Waals surface area contributed by atoms with Crippen molar-refractivity contribution < 1.29 is 19.4 Å². The van der Waals surface area contributed by atoms with Gasteiger partial charge in [-0.2, -0.15) is 0 Å². The summed E-state index contributed by atoms with van der Waals surface area (Å²) in [4.78, 5) is 29.9. The number of allylic oxidation sites excluding steroid dienone is 1. The predicted octanol–water partition coefficient (Wildman–Crippen LogP) is 5.31. The van der Waals surface area contributed by atoms with Crippen LogP contribution < -0.4 is 0 Å². The van der Waals surface area contributed by atoms with E-state index in [1.165, 1.54) is 7.11 Å². The molecule has 152 valence electrons. The SMILES string of the molecule is CCCC(=O)C1=C(O)C(C(=O)OC)C(C)(C)CC1=Nc1ccc2ccccc2c1. The fourth-order valence-electron chi connectivity index (χ4n) is 3.99. The highest BCUT2D eigenvalue weighted by Crippen LogP contribution is 2.43. The van der Waals surface area contributed by atoms with Gasteiger partial charge >= 0.3 is 5.97 Å². The van der Waals surface area contributed by atoms with Crippen molar-refractivity contribution >= 4 is 33.9 Å². The van der Waals surface area contributed by atoms with Crippen LogP contribution in [0.5, 0.6) is 0 Å². The minimum absolute atomic E-state index is 0.162. The summed E-state index contributed by atoms with van der Waals surface area (Å²) in [6.45, 7) is 5.66. The Morgan fingerprint density at radius 3 is 2.52 bits per heavy atom. The summed E-state index contributed by atoms with van der Waals surface area (Å²) in [6.07, 6.45) is 1.31. The fraction of sp³-hybridized carbons (Fsp3) is 0.375. The van der Waals surface area contributed by atoms with Gasteiger partial charge in [0.2, 0.25) is 0 Å². The Morgan fingerprint density at radius 2 is 1.86 bits per heavy atom. The molecule has 0 radical (unpaired) electrons. The van der Waals surface area contributed by atoms with E-state index in [0.717, 1.165) is 10.8 Å². The number of carbonyl (C=O) groups excluding carboxylic acids is 2. The van der Waals surface area contributed by atoms with Crippen molar-refractivity contribution in [2.75, 3.05) is 7.11 Å². The Hall–Kier alpha value is -2.95. The predicted molar refractivity (Wildman–Crippen MR) is 115 cm³/mol. The molecule has 5 heteroatoms. The van der Waals surface area contributed by atoms with Crippen molar-refractivity contribution in [3.8, 4) is 0 Å². The highest BCUT2D eigenvalue weighted by molar-refractivity contribution is 6.24. The van der Waals surface area contributed by atoms with E-state index in [2.05, 4.69) is 0 Å². The molecule has 2 aromatic rings. The zero-order valence-corrected chi connectivity index (χ0v) is 17.4. The average Bonchev–Trinajstić information content (AvgIpc) is 2.67. The van der Waals surface area contributed by atoms with Gasteiger partial charge in [0.1, 0.15) is 11.7 Å². The van der Waals surface area contributed by atoms with Crippen LogP contribution in [0.1, 0.15) is 40.0 Å². The number of aliphatic hydroxyl groups excluding tert-OH is 1. The van der Waals surface area contributed by atoms with E-state index in [1.807, 2.05) is 63.2 Å². The summed E-state index contributed by atoms with van der Waals surface area (Å²) in [7, 11) is 1.29. The number of aliphatic hydroxyl groups is 1. The van der Waals surface area contributed by atoms with Crippen molar-refractivity contribution in [2.45, 2.75) is 40.0 Å².